The molecule has 0 spiro atoms. The maximum atomic E-state index is 10.9. The molecule has 0 heterocycles. The van der Waals surface area contributed by atoms with Gasteiger partial charge in [0, 0.05) is 3.57 Å². The zero-order valence-electron chi connectivity index (χ0n) is 7.49. The highest BCUT2D eigenvalue weighted by atomic mass is 127. The van der Waals surface area contributed by atoms with Crippen molar-refractivity contribution in [3.8, 4) is 5.75 Å². The minimum atomic E-state index is -1.43. The highest BCUT2D eigenvalue weighted by Gasteiger charge is 2.32. The summed E-state index contributed by atoms with van der Waals surface area (Å²) in [6.45, 7) is 1.42. The molecule has 4 N–H and O–H groups in total. The van der Waals surface area contributed by atoms with Crippen molar-refractivity contribution in [1.82, 2.24) is 0 Å². The number of aliphatic carboxylic acids is 1. The lowest BCUT2D eigenvalue weighted by Crippen LogP contribution is -2.42. The third kappa shape index (κ3) is 1.98. The van der Waals surface area contributed by atoms with Crippen LogP contribution in [-0.4, -0.2) is 16.2 Å². The number of rotatable bonds is 2. The summed E-state index contributed by atoms with van der Waals surface area (Å²) in [5, 5.41) is 18.0. The van der Waals surface area contributed by atoms with Crippen molar-refractivity contribution in [2.24, 2.45) is 5.73 Å². The Hall–Kier alpha value is -0.820. The van der Waals surface area contributed by atoms with E-state index in [1.165, 1.54) is 25.1 Å². The summed E-state index contributed by atoms with van der Waals surface area (Å²) in [7, 11) is 0. The fourth-order valence-corrected chi connectivity index (χ4v) is 2.10. The summed E-state index contributed by atoms with van der Waals surface area (Å²) >= 11 is 1.94. The van der Waals surface area contributed by atoms with E-state index in [2.05, 4.69) is 0 Å². The van der Waals surface area contributed by atoms with Gasteiger partial charge in [0.1, 0.15) is 11.3 Å². The first-order valence-electron chi connectivity index (χ1n) is 3.87. The molecule has 14 heavy (non-hydrogen) atoms. The van der Waals surface area contributed by atoms with Crippen molar-refractivity contribution in [2.45, 2.75) is 12.5 Å². The Balaban J connectivity index is 3.26. The van der Waals surface area contributed by atoms with E-state index in [-0.39, 0.29) is 5.75 Å². The molecule has 1 rings (SSSR count). The number of phenols is 1. The van der Waals surface area contributed by atoms with Crippen molar-refractivity contribution in [1.29, 1.82) is 0 Å². The van der Waals surface area contributed by atoms with Gasteiger partial charge < -0.3 is 15.9 Å². The van der Waals surface area contributed by atoms with Gasteiger partial charge in [-0.05, 0) is 47.2 Å². The van der Waals surface area contributed by atoms with Gasteiger partial charge in [0.15, 0.2) is 0 Å². The van der Waals surface area contributed by atoms with Crippen LogP contribution in [0.5, 0.6) is 5.75 Å². The number of carboxylic acid groups (broad SMARTS) is 1. The van der Waals surface area contributed by atoms with Gasteiger partial charge >= 0.3 is 5.97 Å². The fourth-order valence-electron chi connectivity index (χ4n) is 1.04. The third-order valence-electron chi connectivity index (χ3n) is 1.96. The van der Waals surface area contributed by atoms with Gasteiger partial charge in [-0.1, -0.05) is 6.07 Å². The highest BCUT2D eigenvalue weighted by molar-refractivity contribution is 14.1. The molecule has 0 aliphatic rings. The van der Waals surface area contributed by atoms with Crippen LogP contribution in [-0.2, 0) is 10.3 Å². The molecule has 0 unspecified atom stereocenters. The second kappa shape index (κ2) is 3.74. The van der Waals surface area contributed by atoms with E-state index in [1.807, 2.05) is 22.6 Å². The highest BCUT2D eigenvalue weighted by Crippen LogP contribution is 2.26. The molecule has 4 nitrogen and oxygen atoms in total. The van der Waals surface area contributed by atoms with Gasteiger partial charge in [-0.3, -0.25) is 0 Å². The van der Waals surface area contributed by atoms with Crippen molar-refractivity contribution in [3.05, 3.63) is 27.3 Å². The molecule has 0 aromatic heterocycles. The molecule has 0 saturated carbocycles. The maximum Gasteiger partial charge on any atom is 0.328 e. The van der Waals surface area contributed by atoms with Crippen LogP contribution in [0.25, 0.3) is 0 Å². The summed E-state index contributed by atoms with van der Waals surface area (Å²) in [5.74, 6) is -1.000. The van der Waals surface area contributed by atoms with Crippen LogP contribution >= 0.6 is 22.6 Å². The Morgan fingerprint density at radius 2 is 2.14 bits per heavy atom. The number of benzene rings is 1. The SMILES string of the molecule is C[C@](N)(C(=O)O)c1ccc(O)cc1I. The Morgan fingerprint density at radius 1 is 1.57 bits per heavy atom. The molecule has 1 atom stereocenters. The van der Waals surface area contributed by atoms with Crippen LogP contribution in [0.1, 0.15) is 12.5 Å². The van der Waals surface area contributed by atoms with Gasteiger partial charge in [-0.25, -0.2) is 4.79 Å². The van der Waals surface area contributed by atoms with Crippen molar-refractivity contribution < 1.29 is 15.0 Å². The second-order valence-electron chi connectivity index (χ2n) is 3.17. The van der Waals surface area contributed by atoms with Crippen LogP contribution in [0.15, 0.2) is 18.2 Å². The number of halogens is 1. The van der Waals surface area contributed by atoms with Gasteiger partial charge in [-0.15, -0.1) is 0 Å². The van der Waals surface area contributed by atoms with Gasteiger partial charge in [0.05, 0.1) is 0 Å². The monoisotopic (exact) mass is 307 g/mol. The molecule has 0 fully saturated rings. The normalized spacial score (nSPS) is 14.8. The Kier molecular flexibility index (Phi) is 3.01. The Bertz CT molecular complexity index is 376. The van der Waals surface area contributed by atoms with Crippen LogP contribution < -0.4 is 5.73 Å². The zero-order chi connectivity index (χ0) is 10.9. The van der Waals surface area contributed by atoms with E-state index in [9.17, 15) is 4.79 Å². The standard InChI is InChI=1S/C9H10INO3/c1-9(11,8(13)14)6-3-2-5(12)4-7(6)10/h2-4,12H,11H2,1H3,(H,13,14)/t9-/m1/s1. The number of nitrogens with two attached hydrogens (primary N) is 1. The van der Waals surface area contributed by atoms with E-state index in [0.717, 1.165) is 0 Å². The van der Waals surface area contributed by atoms with Crippen LogP contribution in [0.4, 0.5) is 0 Å². The lowest BCUT2D eigenvalue weighted by atomic mass is 9.93. The minimum Gasteiger partial charge on any atom is -0.508 e. The quantitative estimate of drug-likeness (QED) is 0.718. The zero-order valence-corrected chi connectivity index (χ0v) is 9.65. The van der Waals surface area contributed by atoms with Crippen LogP contribution in [0.3, 0.4) is 0 Å². The summed E-state index contributed by atoms with van der Waals surface area (Å²) in [5.41, 5.74) is 4.71. The predicted molar refractivity (Wildman–Crippen MR) is 60.0 cm³/mol. The predicted octanol–water partition coefficient (Wildman–Crippen LogP) is 1.26. The maximum absolute atomic E-state index is 10.9. The lowest BCUT2D eigenvalue weighted by Gasteiger charge is -2.21. The molecule has 76 valence electrons. The molecule has 1 aromatic rings. The number of carboxylic acids is 1. The first kappa shape index (κ1) is 11.3. The molecule has 0 amide bonds. The number of carbonyl (C=O) groups is 1. The van der Waals surface area contributed by atoms with E-state index in [1.54, 1.807) is 0 Å². The van der Waals surface area contributed by atoms with Gasteiger partial charge in [0.25, 0.3) is 0 Å². The van der Waals surface area contributed by atoms with E-state index >= 15 is 0 Å². The van der Waals surface area contributed by atoms with Gasteiger partial charge in [-0.2, -0.15) is 0 Å². The average Bonchev–Trinajstić information content (AvgIpc) is 2.02. The van der Waals surface area contributed by atoms with Gasteiger partial charge in [0.2, 0.25) is 0 Å². The summed E-state index contributed by atoms with van der Waals surface area (Å²) < 4.78 is 0.634. The first-order valence-corrected chi connectivity index (χ1v) is 4.95. The topological polar surface area (TPSA) is 83.6 Å². The lowest BCUT2D eigenvalue weighted by molar-refractivity contribution is -0.143. The van der Waals surface area contributed by atoms with Crippen LogP contribution in [0.2, 0.25) is 0 Å². The summed E-state index contributed by atoms with van der Waals surface area (Å²) in [4.78, 5) is 10.9. The molecule has 0 saturated heterocycles. The number of hydrogen-bond acceptors (Lipinski definition) is 3. The average molecular weight is 307 g/mol. The number of aromatic hydroxyl groups is 1. The Labute approximate surface area is 94.9 Å². The summed E-state index contributed by atoms with van der Waals surface area (Å²) in [6, 6.07) is 4.42. The summed E-state index contributed by atoms with van der Waals surface area (Å²) in [6.07, 6.45) is 0. The molecule has 0 aliphatic carbocycles. The second-order valence-corrected chi connectivity index (χ2v) is 4.33. The van der Waals surface area contributed by atoms with E-state index in [4.69, 9.17) is 15.9 Å². The Morgan fingerprint density at radius 3 is 2.57 bits per heavy atom. The molecule has 0 aliphatic heterocycles. The first-order chi connectivity index (χ1) is 6.35. The van der Waals surface area contributed by atoms with Crippen LogP contribution in [0, 0.1) is 3.57 Å². The molecule has 0 bridgehead atoms. The fraction of sp³-hybridized carbons (Fsp3) is 0.222. The van der Waals surface area contributed by atoms with Crippen molar-refractivity contribution in [2.75, 3.05) is 0 Å². The number of hydrogen-bond donors (Lipinski definition) is 3. The minimum absolute atomic E-state index is 0.0966. The molecule has 1 aromatic carbocycles. The molecule has 0 radical (unpaired) electrons. The third-order valence-corrected chi connectivity index (χ3v) is 2.85. The molecule has 5 heteroatoms. The largest absolute Gasteiger partial charge is 0.508 e. The molecular weight excluding hydrogens is 297 g/mol. The smallest absolute Gasteiger partial charge is 0.328 e. The van der Waals surface area contributed by atoms with Crippen molar-refractivity contribution >= 4 is 28.6 Å². The molecular formula is C9H10INO3. The van der Waals surface area contributed by atoms with E-state index in [0.29, 0.717) is 9.13 Å². The van der Waals surface area contributed by atoms with E-state index < -0.39 is 11.5 Å². The van der Waals surface area contributed by atoms with Crippen molar-refractivity contribution in [3.63, 3.8) is 0 Å². The number of phenolic OH excluding ortho intramolecular Hbond substituents is 1.